The third-order valence-corrected chi connectivity index (χ3v) is 9.00. The number of carbonyl (C=O) groups excluding carboxylic acids is 1. The van der Waals surface area contributed by atoms with Crippen LogP contribution in [0.25, 0.3) is 21.8 Å². The first kappa shape index (κ1) is 35.2. The fraction of sp³-hybridized carbons (Fsp3) is 0.297. The highest BCUT2D eigenvalue weighted by Gasteiger charge is 2.38. The second-order valence-electron chi connectivity index (χ2n) is 12.3. The summed E-state index contributed by atoms with van der Waals surface area (Å²) >= 11 is 0. The number of benzene rings is 3. The van der Waals surface area contributed by atoms with E-state index < -0.39 is 12.1 Å². The number of nitrogens with one attached hydrogen (secondary N) is 4. The second-order valence-corrected chi connectivity index (χ2v) is 12.3. The number of fused-ring (bicyclic) bond motifs is 2. The highest BCUT2D eigenvalue weighted by molar-refractivity contribution is 5.85. The molecule has 266 valence electrons. The summed E-state index contributed by atoms with van der Waals surface area (Å²) in [6.07, 6.45) is 2.99. The molecule has 0 unspecified atom stereocenters. The molecule has 1 fully saturated rings. The van der Waals surface area contributed by atoms with Gasteiger partial charge in [-0.2, -0.15) is 13.2 Å². The number of aliphatic carboxylic acids is 1. The Morgan fingerprint density at radius 1 is 0.941 bits per heavy atom. The number of hydrogen-bond acceptors (Lipinski definition) is 6. The van der Waals surface area contributed by atoms with Crippen molar-refractivity contribution in [1.29, 1.82) is 0 Å². The fourth-order valence-electron chi connectivity index (χ4n) is 6.37. The molecular weight excluding hydrogens is 663 g/mol. The van der Waals surface area contributed by atoms with E-state index in [0.29, 0.717) is 19.4 Å². The number of para-hydroxylation sites is 2. The van der Waals surface area contributed by atoms with Crippen LogP contribution in [0.15, 0.2) is 85.2 Å². The van der Waals surface area contributed by atoms with Crippen LogP contribution >= 0.6 is 0 Å². The molecule has 0 radical (unpaired) electrons. The first-order valence-corrected chi connectivity index (χ1v) is 16.6. The lowest BCUT2D eigenvalue weighted by Gasteiger charge is -2.22. The zero-order chi connectivity index (χ0) is 36.0. The molecule has 1 saturated heterocycles. The Labute approximate surface area is 291 Å². The van der Waals surface area contributed by atoms with Crippen LogP contribution in [-0.4, -0.2) is 67.6 Å². The quantitative estimate of drug-likeness (QED) is 0.113. The van der Waals surface area contributed by atoms with Crippen LogP contribution in [0.1, 0.15) is 47.2 Å². The van der Waals surface area contributed by atoms with Gasteiger partial charge >= 0.3 is 12.1 Å². The molecule has 6 aromatic rings. The van der Waals surface area contributed by atoms with Crippen molar-refractivity contribution < 1.29 is 32.6 Å². The Bertz CT molecular complexity index is 2100. The van der Waals surface area contributed by atoms with Crippen molar-refractivity contribution in [1.82, 2.24) is 35.4 Å². The number of carbonyl (C=O) groups is 2. The maximum Gasteiger partial charge on any atom is 0.490 e. The summed E-state index contributed by atoms with van der Waals surface area (Å²) in [5.74, 6) is -0.297. The lowest BCUT2D eigenvalue weighted by molar-refractivity contribution is -0.192. The molecule has 0 saturated carbocycles. The third kappa shape index (κ3) is 8.40. The lowest BCUT2D eigenvalue weighted by Crippen LogP contribution is -2.43. The number of aromatic amines is 2. The molecule has 11 nitrogen and oxygen atoms in total. The van der Waals surface area contributed by atoms with E-state index in [1.54, 1.807) is 7.11 Å². The number of H-pyrrole nitrogens is 2. The van der Waals surface area contributed by atoms with Crippen LogP contribution in [0.2, 0.25) is 0 Å². The number of rotatable bonds is 11. The van der Waals surface area contributed by atoms with E-state index in [2.05, 4.69) is 73.8 Å². The standard InChI is InChI=1S/C35H37N7O2.C2HF3O2/c1-44-26-15-12-23(13-16-26)22-42-33(17-14-24-20-37-29-9-4-2-7-27(24)29)40-41-34(42)32(39-35(43)31-11-6-18-36-31)19-25-21-38-30-10-5-3-8-28(25)30;3-2(4,5)1(6)7/h2-5,7-10,12-13,15-16,20-21,31-32,36-38H,6,11,14,17-19,22H2,1H3,(H,39,43);(H,6,7)/t31-,32-;/m1./s1. The predicted molar refractivity (Wildman–Crippen MR) is 185 cm³/mol. The van der Waals surface area contributed by atoms with E-state index in [9.17, 15) is 18.0 Å². The van der Waals surface area contributed by atoms with Crippen LogP contribution in [0.5, 0.6) is 5.75 Å². The highest BCUT2D eigenvalue weighted by atomic mass is 19.4. The SMILES string of the molecule is COc1ccc(Cn2c(CCc3c[nH]c4ccccc34)nnc2[C@@H](Cc2c[nH]c3ccccc23)NC(=O)[C@H]2CCCN2)cc1.O=C(O)C(F)(F)F. The van der Waals surface area contributed by atoms with E-state index >= 15 is 0 Å². The number of amides is 1. The summed E-state index contributed by atoms with van der Waals surface area (Å²) in [7, 11) is 1.67. The summed E-state index contributed by atoms with van der Waals surface area (Å²) in [6.45, 7) is 1.44. The molecule has 7 rings (SSSR count). The molecule has 0 aliphatic carbocycles. The van der Waals surface area contributed by atoms with Crippen molar-refractivity contribution >= 4 is 33.7 Å². The zero-order valence-corrected chi connectivity index (χ0v) is 27.8. The lowest BCUT2D eigenvalue weighted by atomic mass is 10.0. The normalized spacial score (nSPS) is 15.0. The molecule has 2 atom stereocenters. The number of carboxylic acids is 1. The fourth-order valence-corrected chi connectivity index (χ4v) is 6.37. The summed E-state index contributed by atoms with van der Waals surface area (Å²) < 4.78 is 39.3. The molecule has 4 heterocycles. The molecule has 14 heteroatoms. The summed E-state index contributed by atoms with van der Waals surface area (Å²) in [5.41, 5.74) is 5.69. The van der Waals surface area contributed by atoms with Crippen LogP contribution in [0.3, 0.4) is 0 Å². The van der Waals surface area contributed by atoms with Gasteiger partial charge in [-0.15, -0.1) is 10.2 Å². The van der Waals surface area contributed by atoms with E-state index in [0.717, 1.165) is 70.8 Å². The van der Waals surface area contributed by atoms with Crippen molar-refractivity contribution in [3.8, 4) is 5.75 Å². The maximum absolute atomic E-state index is 13.5. The van der Waals surface area contributed by atoms with Gasteiger partial charge in [0.2, 0.25) is 5.91 Å². The van der Waals surface area contributed by atoms with Crippen LogP contribution in [0.4, 0.5) is 13.2 Å². The Kier molecular flexibility index (Phi) is 10.7. The van der Waals surface area contributed by atoms with Crippen LogP contribution in [-0.2, 0) is 35.4 Å². The molecule has 3 aromatic carbocycles. The van der Waals surface area contributed by atoms with Crippen molar-refractivity contribution in [2.45, 2.75) is 56.9 Å². The first-order chi connectivity index (χ1) is 24.6. The minimum Gasteiger partial charge on any atom is -0.497 e. The Hall–Kier alpha value is -5.63. The molecule has 1 amide bonds. The van der Waals surface area contributed by atoms with Gasteiger partial charge in [-0.3, -0.25) is 4.79 Å². The second kappa shape index (κ2) is 15.5. The number of carboxylic acid groups (broad SMARTS) is 1. The Balaban J connectivity index is 0.000000582. The van der Waals surface area contributed by atoms with Crippen molar-refractivity contribution in [2.24, 2.45) is 0 Å². The number of ether oxygens (including phenoxy) is 1. The number of alkyl halides is 3. The third-order valence-electron chi connectivity index (χ3n) is 9.00. The van der Waals surface area contributed by atoms with Crippen LogP contribution in [0, 0.1) is 0 Å². The largest absolute Gasteiger partial charge is 0.497 e. The first-order valence-electron chi connectivity index (χ1n) is 16.6. The Morgan fingerprint density at radius 2 is 1.57 bits per heavy atom. The molecule has 1 aliphatic heterocycles. The van der Waals surface area contributed by atoms with E-state index in [-0.39, 0.29) is 18.0 Å². The monoisotopic (exact) mass is 701 g/mol. The van der Waals surface area contributed by atoms with Crippen molar-refractivity contribution in [2.75, 3.05) is 13.7 Å². The van der Waals surface area contributed by atoms with Crippen molar-refractivity contribution in [3.05, 3.63) is 114 Å². The number of aromatic nitrogens is 5. The Morgan fingerprint density at radius 3 is 2.18 bits per heavy atom. The molecular formula is C37H38F3N7O4. The number of hydrogen-bond donors (Lipinski definition) is 5. The summed E-state index contributed by atoms with van der Waals surface area (Å²) in [5, 5.41) is 25.7. The minimum atomic E-state index is -5.08. The van der Waals surface area contributed by atoms with Gasteiger partial charge in [0, 0.05) is 47.0 Å². The molecule has 51 heavy (non-hydrogen) atoms. The predicted octanol–water partition coefficient (Wildman–Crippen LogP) is 5.87. The van der Waals surface area contributed by atoms with Gasteiger partial charge in [0.1, 0.15) is 11.6 Å². The number of methoxy groups -OCH3 is 1. The zero-order valence-electron chi connectivity index (χ0n) is 27.8. The number of aryl methyl sites for hydroxylation is 2. The van der Waals surface area contributed by atoms with Gasteiger partial charge < -0.3 is 35.0 Å². The van der Waals surface area contributed by atoms with Gasteiger partial charge in [0.05, 0.1) is 25.7 Å². The van der Waals surface area contributed by atoms with Gasteiger partial charge in [-0.05, 0) is 66.8 Å². The average Bonchev–Trinajstić information content (AvgIpc) is 3.95. The van der Waals surface area contributed by atoms with Crippen molar-refractivity contribution in [3.63, 3.8) is 0 Å². The van der Waals surface area contributed by atoms with Gasteiger partial charge in [-0.1, -0.05) is 48.5 Å². The summed E-state index contributed by atoms with van der Waals surface area (Å²) in [4.78, 5) is 29.2. The van der Waals surface area contributed by atoms with E-state index in [4.69, 9.17) is 24.8 Å². The highest BCUT2D eigenvalue weighted by Crippen LogP contribution is 2.27. The molecule has 0 spiro atoms. The summed E-state index contributed by atoms with van der Waals surface area (Å²) in [6, 6.07) is 24.2. The minimum absolute atomic E-state index is 0.00619. The van der Waals surface area contributed by atoms with Gasteiger partial charge in [-0.25, -0.2) is 4.79 Å². The number of halogens is 3. The topological polar surface area (TPSA) is 150 Å². The molecule has 0 bridgehead atoms. The average molecular weight is 702 g/mol. The number of nitrogens with zero attached hydrogens (tertiary/aromatic N) is 3. The van der Waals surface area contributed by atoms with E-state index in [1.165, 1.54) is 10.9 Å². The van der Waals surface area contributed by atoms with Gasteiger partial charge in [0.15, 0.2) is 5.82 Å². The molecule has 5 N–H and O–H groups in total. The van der Waals surface area contributed by atoms with Crippen LogP contribution < -0.4 is 15.4 Å². The molecule has 3 aromatic heterocycles. The smallest absolute Gasteiger partial charge is 0.490 e. The maximum atomic E-state index is 13.5. The van der Waals surface area contributed by atoms with Gasteiger partial charge in [0.25, 0.3) is 0 Å². The molecule has 1 aliphatic rings. The van der Waals surface area contributed by atoms with E-state index in [1.807, 2.05) is 36.5 Å².